The number of nitrogens with zero attached hydrogens (tertiary/aromatic N) is 3. The molecule has 1 aliphatic heterocycles. The van der Waals surface area contributed by atoms with E-state index in [9.17, 15) is 0 Å². The first-order valence-corrected chi connectivity index (χ1v) is 17.7. The zero-order valence-corrected chi connectivity index (χ0v) is 28.6. The molecule has 2 aliphatic carbocycles. The fourth-order valence-electron chi connectivity index (χ4n) is 8.43. The van der Waals surface area contributed by atoms with Crippen LogP contribution in [-0.2, 0) is 12.0 Å². The average molecular weight is 659 g/mol. The molecule has 1 spiro atoms. The zero-order chi connectivity index (χ0) is 34.4. The van der Waals surface area contributed by atoms with Crippen molar-refractivity contribution in [2.45, 2.75) is 31.7 Å². The molecule has 0 saturated heterocycles. The Kier molecular flexibility index (Phi) is 7.58. The third-order valence-electron chi connectivity index (χ3n) is 10.6. The van der Waals surface area contributed by atoms with Crippen molar-refractivity contribution in [1.82, 2.24) is 0 Å². The maximum Gasteiger partial charge on any atom is 0.157 e. The molecular formula is C47H38N4. The van der Waals surface area contributed by atoms with Crippen molar-refractivity contribution in [3.8, 4) is 0 Å². The van der Waals surface area contributed by atoms with Gasteiger partial charge >= 0.3 is 0 Å². The number of rotatable bonds is 5. The van der Waals surface area contributed by atoms with Crippen LogP contribution in [0.3, 0.4) is 0 Å². The summed E-state index contributed by atoms with van der Waals surface area (Å²) in [4.78, 5) is 12.6. The minimum Gasteiger partial charge on any atom is -0.383 e. The summed E-state index contributed by atoms with van der Waals surface area (Å²) in [6.07, 6.45) is 4.38. The van der Waals surface area contributed by atoms with Gasteiger partial charge in [-0.3, -0.25) is 4.99 Å². The molecule has 0 amide bonds. The Bertz CT molecular complexity index is 2350. The van der Waals surface area contributed by atoms with Gasteiger partial charge in [0.15, 0.2) is 5.84 Å². The lowest BCUT2D eigenvalue weighted by Gasteiger charge is -2.46. The van der Waals surface area contributed by atoms with Gasteiger partial charge in [0, 0.05) is 16.8 Å². The molecule has 3 aliphatic rings. The van der Waals surface area contributed by atoms with Crippen LogP contribution >= 0.6 is 0 Å². The van der Waals surface area contributed by atoms with E-state index >= 15 is 0 Å². The lowest BCUT2D eigenvalue weighted by molar-refractivity contribution is 0.680. The molecule has 0 unspecified atom stereocenters. The van der Waals surface area contributed by atoms with Gasteiger partial charge in [0.25, 0.3) is 0 Å². The van der Waals surface area contributed by atoms with Gasteiger partial charge in [-0.15, -0.1) is 0 Å². The lowest BCUT2D eigenvalue weighted by Crippen LogP contribution is -2.37. The standard InChI is InChI=1S/C47H38N4/c1-32-28-29-38-37(30-32)44-36(45(48)50-46(34-18-7-3-8-19-34)49-31-33-16-5-2-6-17-33)22-15-25-41(44)47(38)39-23-11-13-26-42(39)51(35-20-9-4-10-21-35)43-27-14-12-24-40(43)47/h2-27,30H,28-29,31H2,1H3,(H2,48,49,50). The Morgan fingerprint density at radius 2 is 1.24 bits per heavy atom. The van der Waals surface area contributed by atoms with Gasteiger partial charge < -0.3 is 10.6 Å². The van der Waals surface area contributed by atoms with Crippen molar-refractivity contribution in [2.24, 2.45) is 15.7 Å². The molecule has 0 fully saturated rings. The first-order valence-electron chi connectivity index (χ1n) is 17.7. The number of para-hydroxylation sites is 3. The van der Waals surface area contributed by atoms with Gasteiger partial charge in [0.1, 0.15) is 5.84 Å². The molecule has 4 nitrogen and oxygen atoms in total. The maximum atomic E-state index is 7.15. The minimum atomic E-state index is -0.486. The van der Waals surface area contributed by atoms with E-state index in [-0.39, 0.29) is 0 Å². The topological polar surface area (TPSA) is 54.0 Å². The third-order valence-corrected chi connectivity index (χ3v) is 10.6. The van der Waals surface area contributed by atoms with Gasteiger partial charge in [-0.25, -0.2) is 4.99 Å². The number of benzene rings is 6. The van der Waals surface area contributed by atoms with Gasteiger partial charge in [0.2, 0.25) is 0 Å². The quantitative estimate of drug-likeness (QED) is 0.148. The monoisotopic (exact) mass is 658 g/mol. The second-order valence-electron chi connectivity index (χ2n) is 13.6. The highest BCUT2D eigenvalue weighted by Crippen LogP contribution is 2.64. The molecule has 246 valence electrons. The molecule has 4 heteroatoms. The van der Waals surface area contributed by atoms with E-state index in [4.69, 9.17) is 15.7 Å². The normalized spacial score (nSPS) is 15.9. The summed E-state index contributed by atoms with van der Waals surface area (Å²) >= 11 is 0. The molecular weight excluding hydrogens is 621 g/mol. The van der Waals surface area contributed by atoms with Gasteiger partial charge in [-0.05, 0) is 83.0 Å². The van der Waals surface area contributed by atoms with Crippen LogP contribution in [0.1, 0.15) is 58.7 Å². The summed E-state index contributed by atoms with van der Waals surface area (Å²) in [5, 5.41) is 0. The minimum absolute atomic E-state index is 0.464. The summed E-state index contributed by atoms with van der Waals surface area (Å²) in [6, 6.07) is 55.7. The van der Waals surface area contributed by atoms with Crippen molar-refractivity contribution in [1.29, 1.82) is 0 Å². The highest BCUT2D eigenvalue weighted by atomic mass is 15.2. The Balaban J connectivity index is 1.28. The molecule has 0 bridgehead atoms. The zero-order valence-electron chi connectivity index (χ0n) is 28.6. The average Bonchev–Trinajstić information content (AvgIpc) is 3.47. The van der Waals surface area contributed by atoms with Crippen LogP contribution in [0.5, 0.6) is 0 Å². The second kappa shape index (κ2) is 12.6. The maximum absolute atomic E-state index is 7.15. The van der Waals surface area contributed by atoms with E-state index in [1.165, 1.54) is 50.3 Å². The number of nitrogens with two attached hydrogens (primary N) is 1. The summed E-state index contributed by atoms with van der Waals surface area (Å²) in [5.41, 5.74) is 22.3. The Labute approximate surface area is 299 Å². The van der Waals surface area contributed by atoms with Crippen LogP contribution in [0.4, 0.5) is 17.1 Å². The molecule has 0 aromatic heterocycles. The molecule has 1 heterocycles. The van der Waals surface area contributed by atoms with E-state index in [0.29, 0.717) is 18.2 Å². The van der Waals surface area contributed by atoms with E-state index in [0.717, 1.165) is 35.2 Å². The van der Waals surface area contributed by atoms with Crippen LogP contribution in [0.15, 0.2) is 185 Å². The van der Waals surface area contributed by atoms with Gasteiger partial charge in [-0.2, -0.15) is 0 Å². The predicted octanol–water partition coefficient (Wildman–Crippen LogP) is 10.7. The smallest absolute Gasteiger partial charge is 0.157 e. The van der Waals surface area contributed by atoms with Gasteiger partial charge in [-0.1, -0.05) is 145 Å². The summed E-state index contributed by atoms with van der Waals surface area (Å²) < 4.78 is 0. The molecule has 51 heavy (non-hydrogen) atoms. The Morgan fingerprint density at radius 1 is 0.647 bits per heavy atom. The molecule has 6 aromatic carbocycles. The van der Waals surface area contributed by atoms with Crippen molar-refractivity contribution in [3.05, 3.63) is 214 Å². The highest BCUT2D eigenvalue weighted by Gasteiger charge is 2.53. The number of allylic oxidation sites excluding steroid dienone is 4. The lowest BCUT2D eigenvalue weighted by atomic mass is 9.62. The number of fused-ring (bicyclic) bond motifs is 8. The summed E-state index contributed by atoms with van der Waals surface area (Å²) in [6.45, 7) is 2.76. The fourth-order valence-corrected chi connectivity index (χ4v) is 8.43. The molecule has 2 N–H and O–H groups in total. The van der Waals surface area contributed by atoms with Gasteiger partial charge in [0.05, 0.1) is 23.3 Å². The number of aliphatic imine (C=N–C) groups is 2. The Morgan fingerprint density at radius 3 is 1.92 bits per heavy atom. The third kappa shape index (κ3) is 4.98. The SMILES string of the molecule is CC1=CC2=C(CC1)C1(c3ccccc3N(c3ccccc3)c3ccccc31)c1cccc(C(N)=NC(=NCc3ccccc3)c3ccccc3)c12. The fraction of sp³-hybridized carbons (Fsp3) is 0.106. The predicted molar refractivity (Wildman–Crippen MR) is 211 cm³/mol. The largest absolute Gasteiger partial charge is 0.383 e. The molecule has 0 radical (unpaired) electrons. The van der Waals surface area contributed by atoms with E-state index in [2.05, 4.69) is 127 Å². The first kappa shape index (κ1) is 30.8. The molecule has 0 atom stereocenters. The first-order chi connectivity index (χ1) is 25.1. The second-order valence-corrected chi connectivity index (χ2v) is 13.6. The van der Waals surface area contributed by atoms with Crippen molar-refractivity contribution < 1.29 is 0 Å². The van der Waals surface area contributed by atoms with Crippen LogP contribution in [0.25, 0.3) is 5.57 Å². The van der Waals surface area contributed by atoms with Crippen molar-refractivity contribution in [3.63, 3.8) is 0 Å². The van der Waals surface area contributed by atoms with Crippen LogP contribution in [0, 0.1) is 0 Å². The van der Waals surface area contributed by atoms with Crippen molar-refractivity contribution >= 4 is 34.3 Å². The number of amidine groups is 2. The molecule has 9 rings (SSSR count). The van der Waals surface area contributed by atoms with E-state index in [1.54, 1.807) is 0 Å². The van der Waals surface area contributed by atoms with Crippen molar-refractivity contribution in [2.75, 3.05) is 4.90 Å². The van der Waals surface area contributed by atoms with Crippen LogP contribution < -0.4 is 10.6 Å². The number of anilines is 3. The van der Waals surface area contributed by atoms with Crippen LogP contribution in [-0.4, -0.2) is 11.7 Å². The molecule has 0 saturated carbocycles. The van der Waals surface area contributed by atoms with E-state index < -0.39 is 5.41 Å². The summed E-state index contributed by atoms with van der Waals surface area (Å²) in [7, 11) is 0. The summed E-state index contributed by atoms with van der Waals surface area (Å²) in [5.74, 6) is 1.09. The van der Waals surface area contributed by atoms with Crippen LogP contribution in [0.2, 0.25) is 0 Å². The molecule has 6 aromatic rings. The number of hydrogen-bond donors (Lipinski definition) is 1. The van der Waals surface area contributed by atoms with E-state index in [1.807, 2.05) is 48.5 Å². The highest BCUT2D eigenvalue weighted by molar-refractivity contribution is 6.14. The Hall–Kier alpha value is -6.26. The number of hydrogen-bond acceptors (Lipinski definition) is 2.